The lowest BCUT2D eigenvalue weighted by molar-refractivity contribution is -0.130. The third-order valence-corrected chi connectivity index (χ3v) is 5.09. The highest BCUT2D eigenvalue weighted by molar-refractivity contribution is 5.77. The average molecular weight is 304 g/mol. The highest BCUT2D eigenvalue weighted by Crippen LogP contribution is 2.42. The molecule has 0 radical (unpaired) electrons. The number of amides is 1. The van der Waals surface area contributed by atoms with E-state index >= 15 is 0 Å². The van der Waals surface area contributed by atoms with Crippen molar-refractivity contribution in [3.05, 3.63) is 35.6 Å². The minimum Gasteiger partial charge on any atom is -0.341 e. The molecule has 1 amide bonds. The summed E-state index contributed by atoms with van der Waals surface area (Å²) in [6.45, 7) is 1.74. The van der Waals surface area contributed by atoms with Gasteiger partial charge in [0.1, 0.15) is 5.82 Å². The van der Waals surface area contributed by atoms with Gasteiger partial charge in [-0.05, 0) is 62.9 Å². The second kappa shape index (κ2) is 6.37. The first kappa shape index (κ1) is 15.5. The Labute approximate surface area is 132 Å². The van der Waals surface area contributed by atoms with Crippen molar-refractivity contribution in [3.8, 4) is 0 Å². The minimum atomic E-state index is -0.229. The lowest BCUT2D eigenvalue weighted by atomic mass is 9.97. The number of benzene rings is 1. The van der Waals surface area contributed by atoms with Crippen molar-refractivity contribution >= 4 is 5.91 Å². The third kappa shape index (κ3) is 3.49. The van der Waals surface area contributed by atoms with Crippen LogP contribution in [0, 0.1) is 17.7 Å². The van der Waals surface area contributed by atoms with Crippen molar-refractivity contribution < 1.29 is 9.18 Å². The molecule has 1 saturated carbocycles. The standard InChI is InChI=1S/C18H25FN2O/c1-20(2)17-12-21(11-16(17)14-7-8-14)18(22)9-6-13-4-3-5-15(19)10-13/h3-5,10,14,16-17H,6-9,11-12H2,1-2H3/t16-,17+/m0/s1. The molecule has 22 heavy (non-hydrogen) atoms. The van der Waals surface area contributed by atoms with Gasteiger partial charge in [-0.25, -0.2) is 4.39 Å². The van der Waals surface area contributed by atoms with Gasteiger partial charge >= 0.3 is 0 Å². The first-order valence-electron chi connectivity index (χ1n) is 8.23. The summed E-state index contributed by atoms with van der Waals surface area (Å²) in [5.74, 6) is 1.42. The molecule has 120 valence electrons. The van der Waals surface area contributed by atoms with Crippen LogP contribution in [0.15, 0.2) is 24.3 Å². The highest BCUT2D eigenvalue weighted by atomic mass is 19.1. The summed E-state index contributed by atoms with van der Waals surface area (Å²) < 4.78 is 13.2. The normalized spacial score (nSPS) is 25.0. The van der Waals surface area contributed by atoms with Gasteiger partial charge in [-0.1, -0.05) is 12.1 Å². The molecular weight excluding hydrogens is 279 g/mol. The number of likely N-dealkylation sites (tertiary alicyclic amines) is 1. The summed E-state index contributed by atoms with van der Waals surface area (Å²) >= 11 is 0. The molecule has 3 nitrogen and oxygen atoms in total. The van der Waals surface area contributed by atoms with Crippen LogP contribution in [-0.4, -0.2) is 48.9 Å². The maximum Gasteiger partial charge on any atom is 0.222 e. The molecule has 2 fully saturated rings. The fourth-order valence-electron chi connectivity index (χ4n) is 3.65. The van der Waals surface area contributed by atoms with E-state index in [1.54, 1.807) is 6.07 Å². The Kier molecular flexibility index (Phi) is 4.48. The molecule has 0 bridgehead atoms. The van der Waals surface area contributed by atoms with Gasteiger partial charge in [0.15, 0.2) is 0 Å². The van der Waals surface area contributed by atoms with E-state index in [1.807, 2.05) is 11.0 Å². The van der Waals surface area contributed by atoms with E-state index in [0.717, 1.165) is 24.6 Å². The molecule has 0 N–H and O–H groups in total. The number of halogens is 1. The maximum atomic E-state index is 13.2. The second-order valence-corrected chi connectivity index (χ2v) is 6.96. The molecular formula is C18H25FN2O. The van der Waals surface area contributed by atoms with Gasteiger partial charge in [0.2, 0.25) is 5.91 Å². The molecule has 0 unspecified atom stereocenters. The maximum absolute atomic E-state index is 13.2. The van der Waals surface area contributed by atoms with Crippen molar-refractivity contribution in [2.45, 2.75) is 31.7 Å². The molecule has 1 saturated heterocycles. The zero-order chi connectivity index (χ0) is 15.7. The first-order chi connectivity index (χ1) is 10.5. The first-order valence-corrected chi connectivity index (χ1v) is 8.23. The van der Waals surface area contributed by atoms with Crippen molar-refractivity contribution in [3.63, 3.8) is 0 Å². The van der Waals surface area contributed by atoms with Crippen LogP contribution in [0.25, 0.3) is 0 Å². The topological polar surface area (TPSA) is 23.6 Å². The predicted octanol–water partition coefficient (Wildman–Crippen LogP) is 2.56. The fourth-order valence-corrected chi connectivity index (χ4v) is 3.65. The Morgan fingerprint density at radius 3 is 2.73 bits per heavy atom. The fraction of sp³-hybridized carbons (Fsp3) is 0.611. The van der Waals surface area contributed by atoms with Gasteiger partial charge < -0.3 is 9.80 Å². The largest absolute Gasteiger partial charge is 0.341 e. The van der Waals surface area contributed by atoms with Gasteiger partial charge in [-0.3, -0.25) is 4.79 Å². The van der Waals surface area contributed by atoms with Crippen molar-refractivity contribution in [1.29, 1.82) is 0 Å². The number of hydrogen-bond donors (Lipinski definition) is 0. The zero-order valence-corrected chi connectivity index (χ0v) is 13.5. The molecule has 1 aromatic rings. The van der Waals surface area contributed by atoms with Gasteiger partial charge in [-0.2, -0.15) is 0 Å². The number of nitrogens with zero attached hydrogens (tertiary/aromatic N) is 2. The zero-order valence-electron chi connectivity index (χ0n) is 13.5. The molecule has 1 heterocycles. The van der Waals surface area contributed by atoms with Crippen LogP contribution >= 0.6 is 0 Å². The summed E-state index contributed by atoms with van der Waals surface area (Å²) in [7, 11) is 4.22. The third-order valence-electron chi connectivity index (χ3n) is 5.09. The quantitative estimate of drug-likeness (QED) is 0.835. The summed E-state index contributed by atoms with van der Waals surface area (Å²) in [5.41, 5.74) is 0.899. The SMILES string of the molecule is CN(C)[C@@H]1CN(C(=O)CCc2cccc(F)c2)C[C@H]1C1CC1. The lowest BCUT2D eigenvalue weighted by Gasteiger charge is -2.24. The molecule has 0 spiro atoms. The molecule has 4 heteroatoms. The van der Waals surface area contributed by atoms with E-state index < -0.39 is 0 Å². The Bertz CT molecular complexity index is 532. The van der Waals surface area contributed by atoms with E-state index in [0.29, 0.717) is 24.8 Å². The summed E-state index contributed by atoms with van der Waals surface area (Å²) in [4.78, 5) is 16.8. The van der Waals surface area contributed by atoms with Crippen LogP contribution in [0.2, 0.25) is 0 Å². The molecule has 0 aromatic heterocycles. The molecule has 1 aliphatic carbocycles. The Morgan fingerprint density at radius 1 is 1.32 bits per heavy atom. The molecule has 1 aromatic carbocycles. The van der Waals surface area contributed by atoms with Gasteiger partial charge in [-0.15, -0.1) is 0 Å². The number of carbonyl (C=O) groups is 1. The number of aryl methyl sites for hydroxylation is 1. The van der Waals surface area contributed by atoms with Crippen LogP contribution in [0.5, 0.6) is 0 Å². The number of likely N-dealkylation sites (N-methyl/N-ethyl adjacent to an activating group) is 1. The van der Waals surface area contributed by atoms with Crippen LogP contribution in [-0.2, 0) is 11.2 Å². The van der Waals surface area contributed by atoms with E-state index in [9.17, 15) is 9.18 Å². The molecule has 2 aliphatic rings. The van der Waals surface area contributed by atoms with Gasteiger partial charge in [0.05, 0.1) is 0 Å². The summed E-state index contributed by atoms with van der Waals surface area (Å²) in [6.07, 6.45) is 3.73. The van der Waals surface area contributed by atoms with Gasteiger partial charge in [0, 0.05) is 25.6 Å². The lowest BCUT2D eigenvalue weighted by Crippen LogP contribution is -2.36. The van der Waals surface area contributed by atoms with E-state index in [2.05, 4.69) is 19.0 Å². The Morgan fingerprint density at radius 2 is 2.09 bits per heavy atom. The predicted molar refractivity (Wildman–Crippen MR) is 85.0 cm³/mol. The highest BCUT2D eigenvalue weighted by Gasteiger charge is 2.44. The van der Waals surface area contributed by atoms with Crippen molar-refractivity contribution in [2.24, 2.45) is 11.8 Å². The minimum absolute atomic E-state index is 0.208. The van der Waals surface area contributed by atoms with E-state index in [-0.39, 0.29) is 11.7 Å². The monoisotopic (exact) mass is 304 g/mol. The van der Waals surface area contributed by atoms with Crippen LogP contribution in [0.1, 0.15) is 24.8 Å². The average Bonchev–Trinajstić information content (AvgIpc) is 3.23. The molecule has 3 rings (SSSR count). The van der Waals surface area contributed by atoms with Crippen LogP contribution in [0.4, 0.5) is 4.39 Å². The van der Waals surface area contributed by atoms with E-state index in [4.69, 9.17) is 0 Å². The second-order valence-electron chi connectivity index (χ2n) is 6.96. The molecule has 1 aliphatic heterocycles. The summed E-state index contributed by atoms with van der Waals surface area (Å²) in [6, 6.07) is 7.04. The Hall–Kier alpha value is -1.42. The Balaban J connectivity index is 1.56. The number of rotatable bonds is 5. The van der Waals surface area contributed by atoms with E-state index in [1.165, 1.54) is 25.0 Å². The summed E-state index contributed by atoms with van der Waals surface area (Å²) in [5, 5.41) is 0. The van der Waals surface area contributed by atoms with Crippen LogP contribution < -0.4 is 0 Å². The van der Waals surface area contributed by atoms with Crippen molar-refractivity contribution in [2.75, 3.05) is 27.2 Å². The number of hydrogen-bond acceptors (Lipinski definition) is 2. The number of carbonyl (C=O) groups excluding carboxylic acids is 1. The smallest absolute Gasteiger partial charge is 0.222 e. The van der Waals surface area contributed by atoms with Crippen LogP contribution in [0.3, 0.4) is 0 Å². The molecule has 2 atom stereocenters. The van der Waals surface area contributed by atoms with Gasteiger partial charge in [0.25, 0.3) is 0 Å². The van der Waals surface area contributed by atoms with Crippen molar-refractivity contribution in [1.82, 2.24) is 9.80 Å².